The molecule has 6 nitrogen and oxygen atoms in total. The Hall–Kier alpha value is -2.02. The highest BCUT2D eigenvalue weighted by Gasteiger charge is 2.11. The summed E-state index contributed by atoms with van der Waals surface area (Å²) in [6.07, 6.45) is 0. The van der Waals surface area contributed by atoms with Crippen LogP contribution in [-0.4, -0.2) is 48.1 Å². The van der Waals surface area contributed by atoms with E-state index in [-0.39, 0.29) is 11.4 Å². The fourth-order valence-corrected chi connectivity index (χ4v) is 2.60. The fraction of sp³-hybridized carbons (Fsp3) is 0.412. The Kier molecular flexibility index (Phi) is 6.46. The van der Waals surface area contributed by atoms with Gasteiger partial charge in [-0.3, -0.25) is 16.0 Å². The Morgan fingerprint density at radius 1 is 1.13 bits per heavy atom. The number of fused-ring (bicyclic) bond motifs is 1. The molecule has 0 fully saturated rings. The molecule has 0 saturated heterocycles. The van der Waals surface area contributed by atoms with Gasteiger partial charge in [-0.15, -0.1) is 0 Å². The van der Waals surface area contributed by atoms with Crippen LogP contribution in [0.15, 0.2) is 30.3 Å². The molecule has 0 bridgehead atoms. The van der Waals surface area contributed by atoms with E-state index in [9.17, 15) is 10.3 Å². The van der Waals surface area contributed by atoms with Crippen LogP contribution in [0.1, 0.15) is 13.8 Å². The minimum Gasteiger partial charge on any atom is -0.505 e. The molecule has 126 valence electrons. The quantitative estimate of drug-likeness (QED) is 0.212. The number of phenols is 1. The van der Waals surface area contributed by atoms with Gasteiger partial charge in [0.2, 0.25) is 0 Å². The van der Waals surface area contributed by atoms with Crippen molar-refractivity contribution in [2.24, 2.45) is 0 Å². The van der Waals surface area contributed by atoms with Gasteiger partial charge in [0.15, 0.2) is 5.75 Å². The lowest BCUT2D eigenvalue weighted by atomic mass is 10.1. The first kappa shape index (κ1) is 17.3. The molecule has 0 saturated carbocycles. The predicted molar refractivity (Wildman–Crippen MR) is 95.3 cm³/mol. The molecule has 2 aromatic carbocycles. The second-order valence-corrected chi connectivity index (χ2v) is 5.36. The maximum Gasteiger partial charge on any atom is 0.150 e. The number of likely N-dealkylation sites (N-methyl/N-ethyl adjacent to an activating group) is 1. The number of hydrogen-bond acceptors (Lipinski definition) is 6. The highest BCUT2D eigenvalue weighted by Crippen LogP contribution is 2.38. The Morgan fingerprint density at radius 3 is 2.57 bits per heavy atom. The third-order valence-corrected chi connectivity index (χ3v) is 4.04. The van der Waals surface area contributed by atoms with Gasteiger partial charge in [-0.05, 0) is 24.5 Å². The third-order valence-electron chi connectivity index (χ3n) is 4.04. The molecule has 0 aliphatic heterocycles. The lowest BCUT2D eigenvalue weighted by Crippen LogP contribution is -2.34. The summed E-state index contributed by atoms with van der Waals surface area (Å²) in [6, 6.07) is 9.41. The minimum atomic E-state index is 0.0382. The normalized spacial score (nSPS) is 11.1. The van der Waals surface area contributed by atoms with Gasteiger partial charge in [-0.1, -0.05) is 38.1 Å². The van der Waals surface area contributed by atoms with Crippen molar-refractivity contribution in [1.82, 2.24) is 10.2 Å². The van der Waals surface area contributed by atoms with Crippen LogP contribution in [0.2, 0.25) is 0 Å². The number of aromatic hydroxyl groups is 1. The summed E-state index contributed by atoms with van der Waals surface area (Å²) in [6.45, 7) is 8.80. The monoisotopic (exact) mass is 318 g/mol. The molecule has 0 aliphatic rings. The number of anilines is 2. The number of nitrogens with zero attached hydrogens (tertiary/aromatic N) is 1. The molecule has 0 aliphatic carbocycles. The fourth-order valence-electron chi connectivity index (χ4n) is 2.60. The van der Waals surface area contributed by atoms with E-state index >= 15 is 0 Å². The van der Waals surface area contributed by atoms with Crippen LogP contribution >= 0.6 is 0 Å². The molecular weight excluding hydrogens is 292 g/mol. The maximum atomic E-state index is 10.3. The zero-order chi connectivity index (χ0) is 16.7. The van der Waals surface area contributed by atoms with Crippen LogP contribution in [0.5, 0.6) is 5.75 Å². The molecule has 2 aromatic rings. The van der Waals surface area contributed by atoms with E-state index < -0.39 is 0 Å². The average molecular weight is 318 g/mol. The summed E-state index contributed by atoms with van der Waals surface area (Å²) in [5.41, 5.74) is 3.02. The lowest BCUT2D eigenvalue weighted by Gasteiger charge is -2.19. The van der Waals surface area contributed by atoms with Gasteiger partial charge in [-0.25, -0.2) is 0 Å². The first-order chi connectivity index (χ1) is 11.2. The van der Waals surface area contributed by atoms with Crippen molar-refractivity contribution >= 4 is 22.1 Å². The molecule has 0 radical (unpaired) electrons. The lowest BCUT2D eigenvalue weighted by molar-refractivity contribution is 0.303. The van der Waals surface area contributed by atoms with Gasteiger partial charge < -0.3 is 15.3 Å². The highest BCUT2D eigenvalue weighted by molar-refractivity contribution is 5.98. The molecular formula is C17H26N4O2. The predicted octanol–water partition coefficient (Wildman–Crippen LogP) is 2.65. The summed E-state index contributed by atoms with van der Waals surface area (Å²) in [5, 5.41) is 27.7. The van der Waals surface area contributed by atoms with Crippen molar-refractivity contribution in [3.63, 3.8) is 0 Å². The van der Waals surface area contributed by atoms with Crippen LogP contribution in [-0.2, 0) is 0 Å². The Morgan fingerprint density at radius 2 is 1.87 bits per heavy atom. The van der Waals surface area contributed by atoms with Gasteiger partial charge in [0, 0.05) is 18.5 Å². The van der Waals surface area contributed by atoms with Gasteiger partial charge >= 0.3 is 0 Å². The van der Waals surface area contributed by atoms with Crippen LogP contribution in [0, 0.1) is 0 Å². The third kappa shape index (κ3) is 4.25. The molecule has 23 heavy (non-hydrogen) atoms. The highest BCUT2D eigenvalue weighted by atomic mass is 16.5. The SMILES string of the molecule is CCN(CC)CCNCNc1cc2ccccc2c(O)c1NO. The van der Waals surface area contributed by atoms with E-state index in [1.807, 2.05) is 30.3 Å². The standard InChI is InChI=1S/C17H26N4O2/c1-3-21(4-2)10-9-18-12-19-15-11-13-7-5-6-8-14(13)17(22)16(15)20-23/h5-8,11,18-20,22-23H,3-4,9-10,12H2,1-2H3. The first-order valence-corrected chi connectivity index (χ1v) is 8.03. The summed E-state index contributed by atoms with van der Waals surface area (Å²) in [4.78, 5) is 2.34. The molecule has 5 N–H and O–H groups in total. The zero-order valence-electron chi connectivity index (χ0n) is 13.8. The van der Waals surface area contributed by atoms with E-state index in [1.54, 1.807) is 0 Å². The van der Waals surface area contributed by atoms with Crippen LogP contribution in [0.3, 0.4) is 0 Å². The zero-order valence-corrected chi connectivity index (χ0v) is 13.8. The number of benzene rings is 2. The average Bonchev–Trinajstić information content (AvgIpc) is 2.58. The molecule has 0 atom stereocenters. The van der Waals surface area contributed by atoms with Crippen LogP contribution < -0.4 is 16.1 Å². The molecule has 0 spiro atoms. The van der Waals surface area contributed by atoms with Gasteiger partial charge in [0.1, 0.15) is 5.69 Å². The molecule has 0 amide bonds. The summed E-state index contributed by atoms with van der Waals surface area (Å²) in [5.74, 6) is 0.0382. The second-order valence-electron chi connectivity index (χ2n) is 5.36. The second kappa shape index (κ2) is 8.57. The van der Waals surface area contributed by atoms with Crippen molar-refractivity contribution in [3.05, 3.63) is 30.3 Å². The molecule has 2 rings (SSSR count). The largest absolute Gasteiger partial charge is 0.505 e. The van der Waals surface area contributed by atoms with Crippen molar-refractivity contribution in [2.45, 2.75) is 13.8 Å². The van der Waals surface area contributed by atoms with E-state index in [0.717, 1.165) is 31.6 Å². The molecule has 0 unspecified atom stereocenters. The molecule has 6 heteroatoms. The first-order valence-electron chi connectivity index (χ1n) is 8.03. The number of nitrogens with one attached hydrogen (secondary N) is 3. The summed E-state index contributed by atoms with van der Waals surface area (Å²) >= 11 is 0. The maximum absolute atomic E-state index is 10.3. The smallest absolute Gasteiger partial charge is 0.150 e. The van der Waals surface area contributed by atoms with Gasteiger partial charge in [0.25, 0.3) is 0 Å². The van der Waals surface area contributed by atoms with Crippen molar-refractivity contribution in [2.75, 3.05) is 43.6 Å². The van der Waals surface area contributed by atoms with Crippen LogP contribution in [0.25, 0.3) is 10.8 Å². The number of rotatable bonds is 9. The van der Waals surface area contributed by atoms with Crippen molar-refractivity contribution in [3.8, 4) is 5.75 Å². The van der Waals surface area contributed by atoms with Gasteiger partial charge in [0.05, 0.1) is 12.4 Å². The minimum absolute atomic E-state index is 0.0382. The topological polar surface area (TPSA) is 79.8 Å². The van der Waals surface area contributed by atoms with E-state index in [0.29, 0.717) is 17.7 Å². The molecule has 0 heterocycles. The van der Waals surface area contributed by atoms with Crippen molar-refractivity contribution in [1.29, 1.82) is 0 Å². The Bertz CT molecular complexity index is 629. The van der Waals surface area contributed by atoms with Crippen molar-refractivity contribution < 1.29 is 10.3 Å². The number of phenolic OH excluding ortho intramolecular Hbond substituents is 1. The summed E-state index contributed by atoms with van der Waals surface area (Å²) < 4.78 is 0. The molecule has 0 aromatic heterocycles. The van der Waals surface area contributed by atoms with E-state index in [2.05, 4.69) is 34.9 Å². The van der Waals surface area contributed by atoms with Crippen LogP contribution in [0.4, 0.5) is 11.4 Å². The van der Waals surface area contributed by atoms with Gasteiger partial charge in [-0.2, -0.15) is 0 Å². The summed E-state index contributed by atoms with van der Waals surface area (Å²) in [7, 11) is 0. The number of hydrogen-bond donors (Lipinski definition) is 5. The van der Waals surface area contributed by atoms with E-state index in [4.69, 9.17) is 0 Å². The Balaban J connectivity index is 1.99. The van der Waals surface area contributed by atoms with E-state index in [1.165, 1.54) is 0 Å². The Labute approximate surface area is 137 Å².